The molecule has 0 bridgehead atoms. The molecule has 2 rings (SSSR count). The molecule has 1 amide bonds. The van der Waals surface area contributed by atoms with Crippen molar-refractivity contribution in [1.29, 1.82) is 0 Å². The Kier molecular flexibility index (Phi) is 4.25. The van der Waals surface area contributed by atoms with Crippen LogP contribution in [-0.2, 0) is 17.9 Å². The van der Waals surface area contributed by atoms with E-state index in [0.29, 0.717) is 5.92 Å². The van der Waals surface area contributed by atoms with Gasteiger partial charge in [0.15, 0.2) is 0 Å². The number of amides is 1. The van der Waals surface area contributed by atoms with Crippen molar-refractivity contribution < 1.29 is 4.79 Å². The Balaban J connectivity index is 2.04. The zero-order valence-corrected chi connectivity index (χ0v) is 12.4. The molecule has 0 radical (unpaired) electrons. The van der Waals surface area contributed by atoms with Crippen LogP contribution in [-0.4, -0.2) is 17.4 Å². The van der Waals surface area contributed by atoms with Crippen molar-refractivity contribution in [3.05, 3.63) is 29.3 Å². The van der Waals surface area contributed by atoms with Gasteiger partial charge in [-0.3, -0.25) is 9.69 Å². The molecule has 0 atom stereocenters. The average molecular weight is 260 g/mol. The maximum atomic E-state index is 11.7. The summed E-state index contributed by atoms with van der Waals surface area (Å²) in [6.07, 6.45) is 0. The molecule has 1 N–H and O–H groups in total. The number of benzene rings is 1. The lowest BCUT2D eigenvalue weighted by molar-refractivity contribution is -0.118. The summed E-state index contributed by atoms with van der Waals surface area (Å²) >= 11 is 0. The standard InChI is InChI=1S/C16H24N2O/c1-11(2)8-18-9-13-5-6-15(7-14(13)10-18)17-16(19)12(3)4/h5-7,11-12H,8-10H2,1-4H3,(H,17,19). The zero-order valence-electron chi connectivity index (χ0n) is 12.4. The van der Waals surface area contributed by atoms with Crippen molar-refractivity contribution in [3.8, 4) is 0 Å². The quantitative estimate of drug-likeness (QED) is 0.901. The molecule has 3 heteroatoms. The third-order valence-electron chi connectivity index (χ3n) is 3.41. The molecule has 1 aromatic rings. The normalized spacial score (nSPS) is 15.1. The van der Waals surface area contributed by atoms with Crippen molar-refractivity contribution >= 4 is 11.6 Å². The summed E-state index contributed by atoms with van der Waals surface area (Å²) in [6.45, 7) is 11.5. The molecule has 3 nitrogen and oxygen atoms in total. The van der Waals surface area contributed by atoms with Crippen LogP contribution in [0.3, 0.4) is 0 Å². The summed E-state index contributed by atoms with van der Waals surface area (Å²) in [7, 11) is 0. The second kappa shape index (κ2) is 5.74. The Bertz CT molecular complexity index is 466. The largest absolute Gasteiger partial charge is 0.326 e. The lowest BCUT2D eigenvalue weighted by atomic mass is 10.1. The number of carbonyl (C=O) groups excluding carboxylic acids is 1. The molecular formula is C16H24N2O. The summed E-state index contributed by atoms with van der Waals surface area (Å²) in [5, 5.41) is 2.97. The van der Waals surface area contributed by atoms with Gasteiger partial charge in [0, 0.05) is 31.2 Å². The maximum absolute atomic E-state index is 11.7. The summed E-state index contributed by atoms with van der Waals surface area (Å²) < 4.78 is 0. The zero-order chi connectivity index (χ0) is 14.0. The Hall–Kier alpha value is -1.35. The van der Waals surface area contributed by atoms with Crippen LogP contribution in [0.25, 0.3) is 0 Å². The van der Waals surface area contributed by atoms with Gasteiger partial charge in [-0.15, -0.1) is 0 Å². The van der Waals surface area contributed by atoms with E-state index >= 15 is 0 Å². The van der Waals surface area contributed by atoms with Gasteiger partial charge in [-0.05, 0) is 29.2 Å². The number of nitrogens with zero attached hydrogens (tertiary/aromatic N) is 1. The smallest absolute Gasteiger partial charge is 0.226 e. The molecule has 0 aliphatic carbocycles. The van der Waals surface area contributed by atoms with E-state index in [1.54, 1.807) is 0 Å². The first kappa shape index (κ1) is 14.1. The van der Waals surface area contributed by atoms with Crippen LogP contribution >= 0.6 is 0 Å². The number of hydrogen-bond acceptors (Lipinski definition) is 2. The SMILES string of the molecule is CC(C)CN1Cc2ccc(NC(=O)C(C)C)cc2C1. The molecule has 0 unspecified atom stereocenters. The minimum absolute atomic E-state index is 0.0192. The minimum Gasteiger partial charge on any atom is -0.326 e. The molecular weight excluding hydrogens is 236 g/mol. The van der Waals surface area contributed by atoms with E-state index in [1.165, 1.54) is 11.1 Å². The third-order valence-corrected chi connectivity index (χ3v) is 3.41. The molecule has 1 aromatic carbocycles. The van der Waals surface area contributed by atoms with Crippen LogP contribution in [0.5, 0.6) is 0 Å². The Morgan fingerprint density at radius 3 is 2.53 bits per heavy atom. The fourth-order valence-electron chi connectivity index (χ4n) is 2.47. The molecule has 104 valence electrons. The molecule has 0 aromatic heterocycles. The number of hydrogen-bond donors (Lipinski definition) is 1. The Morgan fingerprint density at radius 2 is 1.89 bits per heavy atom. The van der Waals surface area contributed by atoms with E-state index in [4.69, 9.17) is 0 Å². The van der Waals surface area contributed by atoms with E-state index in [-0.39, 0.29) is 11.8 Å². The molecule has 0 saturated heterocycles. The molecule has 19 heavy (non-hydrogen) atoms. The minimum atomic E-state index is 0.0192. The van der Waals surface area contributed by atoms with Crippen LogP contribution in [0.15, 0.2) is 18.2 Å². The van der Waals surface area contributed by atoms with E-state index in [9.17, 15) is 4.79 Å². The topological polar surface area (TPSA) is 32.3 Å². The molecule has 1 aliphatic heterocycles. The second-order valence-electron chi connectivity index (χ2n) is 6.19. The van der Waals surface area contributed by atoms with Crippen LogP contribution in [0.4, 0.5) is 5.69 Å². The highest BCUT2D eigenvalue weighted by atomic mass is 16.1. The number of carbonyl (C=O) groups is 1. The van der Waals surface area contributed by atoms with Crippen molar-refractivity contribution in [3.63, 3.8) is 0 Å². The molecule has 1 heterocycles. The Labute approximate surface area is 116 Å². The van der Waals surface area contributed by atoms with Gasteiger partial charge in [0.1, 0.15) is 0 Å². The highest BCUT2D eigenvalue weighted by Crippen LogP contribution is 2.26. The first-order valence-corrected chi connectivity index (χ1v) is 7.10. The van der Waals surface area contributed by atoms with E-state index in [2.05, 4.69) is 36.2 Å². The van der Waals surface area contributed by atoms with Gasteiger partial charge in [-0.25, -0.2) is 0 Å². The predicted molar refractivity (Wildman–Crippen MR) is 78.9 cm³/mol. The van der Waals surface area contributed by atoms with Crippen molar-refractivity contribution in [1.82, 2.24) is 4.90 Å². The van der Waals surface area contributed by atoms with Crippen LogP contribution in [0.2, 0.25) is 0 Å². The van der Waals surface area contributed by atoms with Crippen LogP contribution in [0.1, 0.15) is 38.8 Å². The van der Waals surface area contributed by atoms with Gasteiger partial charge in [0.05, 0.1) is 0 Å². The van der Waals surface area contributed by atoms with Gasteiger partial charge in [0.25, 0.3) is 0 Å². The lowest BCUT2D eigenvalue weighted by Gasteiger charge is -2.16. The van der Waals surface area contributed by atoms with E-state index in [1.807, 2.05) is 19.9 Å². The Morgan fingerprint density at radius 1 is 1.21 bits per heavy atom. The van der Waals surface area contributed by atoms with Gasteiger partial charge < -0.3 is 5.32 Å². The highest BCUT2D eigenvalue weighted by Gasteiger charge is 2.20. The van der Waals surface area contributed by atoms with Gasteiger partial charge >= 0.3 is 0 Å². The van der Waals surface area contributed by atoms with Gasteiger partial charge in [-0.2, -0.15) is 0 Å². The molecule has 1 aliphatic rings. The van der Waals surface area contributed by atoms with E-state index < -0.39 is 0 Å². The second-order valence-corrected chi connectivity index (χ2v) is 6.19. The van der Waals surface area contributed by atoms with Crippen molar-refractivity contribution in [2.45, 2.75) is 40.8 Å². The van der Waals surface area contributed by atoms with E-state index in [0.717, 1.165) is 25.3 Å². The summed E-state index contributed by atoms with van der Waals surface area (Å²) in [4.78, 5) is 14.2. The van der Waals surface area contributed by atoms with Gasteiger partial charge in [0.2, 0.25) is 5.91 Å². The molecule has 0 fully saturated rings. The number of rotatable bonds is 4. The first-order valence-electron chi connectivity index (χ1n) is 7.10. The fraction of sp³-hybridized carbons (Fsp3) is 0.562. The third kappa shape index (κ3) is 3.57. The first-order chi connectivity index (χ1) is 8.95. The van der Waals surface area contributed by atoms with Crippen molar-refractivity contribution in [2.24, 2.45) is 11.8 Å². The predicted octanol–water partition coefficient (Wildman–Crippen LogP) is 3.25. The van der Waals surface area contributed by atoms with Crippen molar-refractivity contribution in [2.75, 3.05) is 11.9 Å². The lowest BCUT2D eigenvalue weighted by Crippen LogP contribution is -2.21. The number of nitrogens with one attached hydrogen (secondary N) is 1. The van der Waals surface area contributed by atoms with Crippen LogP contribution < -0.4 is 5.32 Å². The monoisotopic (exact) mass is 260 g/mol. The summed E-state index contributed by atoms with van der Waals surface area (Å²) in [5.41, 5.74) is 3.66. The summed E-state index contributed by atoms with van der Waals surface area (Å²) in [6, 6.07) is 6.28. The average Bonchev–Trinajstić information content (AvgIpc) is 2.69. The van der Waals surface area contributed by atoms with Gasteiger partial charge in [-0.1, -0.05) is 33.8 Å². The maximum Gasteiger partial charge on any atom is 0.226 e. The highest BCUT2D eigenvalue weighted by molar-refractivity contribution is 5.92. The molecule has 0 spiro atoms. The number of fused-ring (bicyclic) bond motifs is 1. The summed E-state index contributed by atoms with van der Waals surface area (Å²) in [5.74, 6) is 0.789. The fourth-order valence-corrected chi connectivity index (χ4v) is 2.47. The number of anilines is 1. The molecule has 0 saturated carbocycles. The van der Waals surface area contributed by atoms with Crippen LogP contribution in [0, 0.1) is 11.8 Å².